The van der Waals surface area contributed by atoms with Crippen molar-refractivity contribution in [3.63, 3.8) is 0 Å². The predicted octanol–water partition coefficient (Wildman–Crippen LogP) is 2.57. The van der Waals surface area contributed by atoms with Gasteiger partial charge in [0, 0.05) is 17.8 Å². The molecule has 0 radical (unpaired) electrons. The fourth-order valence-electron chi connectivity index (χ4n) is 3.14. The van der Waals surface area contributed by atoms with Gasteiger partial charge in [0.15, 0.2) is 0 Å². The number of carbonyl (C=O) groups excluding carboxylic acids is 2. The molecule has 4 nitrogen and oxygen atoms in total. The van der Waals surface area contributed by atoms with Crippen molar-refractivity contribution < 1.29 is 9.59 Å². The number of hydrogen-bond acceptors (Lipinski definition) is 3. The molecule has 1 aromatic heterocycles. The zero-order valence-electron chi connectivity index (χ0n) is 12.5. The summed E-state index contributed by atoms with van der Waals surface area (Å²) >= 11 is 1.69. The van der Waals surface area contributed by atoms with Crippen LogP contribution in [0.5, 0.6) is 0 Å². The minimum absolute atomic E-state index is 0.0106. The van der Waals surface area contributed by atoms with E-state index >= 15 is 0 Å². The highest BCUT2D eigenvalue weighted by Crippen LogP contribution is 2.38. The number of carbonyl (C=O) groups is 2. The molecule has 3 rings (SSSR count). The molecule has 2 atom stereocenters. The van der Waals surface area contributed by atoms with Gasteiger partial charge in [-0.3, -0.25) is 9.59 Å². The van der Waals surface area contributed by atoms with E-state index in [1.165, 1.54) is 4.88 Å². The third-order valence-corrected chi connectivity index (χ3v) is 5.28. The SMILES string of the molecule is CC(C)C(c1cccs1)N1CCC(=O)NC(C2CC2)C1=O. The van der Waals surface area contributed by atoms with E-state index in [4.69, 9.17) is 0 Å². The number of amides is 2. The normalized spacial score (nSPS) is 24.9. The van der Waals surface area contributed by atoms with Gasteiger partial charge in [-0.1, -0.05) is 19.9 Å². The van der Waals surface area contributed by atoms with Crippen molar-refractivity contribution in [2.24, 2.45) is 11.8 Å². The van der Waals surface area contributed by atoms with Crippen LogP contribution in [0.4, 0.5) is 0 Å². The molecule has 1 saturated heterocycles. The molecule has 2 fully saturated rings. The molecule has 0 aromatic carbocycles. The Morgan fingerprint density at radius 3 is 2.67 bits per heavy atom. The lowest BCUT2D eigenvalue weighted by molar-refractivity contribution is -0.137. The maximum atomic E-state index is 12.9. The van der Waals surface area contributed by atoms with E-state index < -0.39 is 0 Å². The van der Waals surface area contributed by atoms with Crippen molar-refractivity contribution in [3.05, 3.63) is 22.4 Å². The molecule has 114 valence electrons. The van der Waals surface area contributed by atoms with Crippen LogP contribution in [-0.2, 0) is 9.59 Å². The Labute approximate surface area is 129 Å². The van der Waals surface area contributed by atoms with Gasteiger partial charge in [-0.25, -0.2) is 0 Å². The molecular weight excluding hydrogens is 284 g/mol. The van der Waals surface area contributed by atoms with Gasteiger partial charge in [0.25, 0.3) is 0 Å². The Hall–Kier alpha value is -1.36. The lowest BCUT2D eigenvalue weighted by Crippen LogP contribution is -2.47. The predicted molar refractivity (Wildman–Crippen MR) is 82.9 cm³/mol. The van der Waals surface area contributed by atoms with Crippen LogP contribution >= 0.6 is 11.3 Å². The molecule has 1 aliphatic carbocycles. The lowest BCUT2D eigenvalue weighted by atomic mass is 9.99. The van der Waals surface area contributed by atoms with Crippen LogP contribution in [-0.4, -0.2) is 29.3 Å². The molecule has 1 aromatic rings. The Kier molecular flexibility index (Phi) is 4.02. The second-order valence-electron chi connectivity index (χ2n) is 6.37. The fraction of sp³-hybridized carbons (Fsp3) is 0.625. The molecule has 1 N–H and O–H groups in total. The Morgan fingerprint density at radius 1 is 1.33 bits per heavy atom. The van der Waals surface area contributed by atoms with Crippen LogP contribution in [0.2, 0.25) is 0 Å². The number of rotatable bonds is 4. The summed E-state index contributed by atoms with van der Waals surface area (Å²) in [5.74, 6) is 0.797. The first-order chi connectivity index (χ1) is 10.1. The minimum Gasteiger partial charge on any atom is -0.344 e. The monoisotopic (exact) mass is 306 g/mol. The smallest absolute Gasteiger partial charge is 0.245 e. The quantitative estimate of drug-likeness (QED) is 0.929. The molecule has 0 bridgehead atoms. The van der Waals surface area contributed by atoms with E-state index in [1.807, 2.05) is 11.0 Å². The highest BCUT2D eigenvalue weighted by Gasteiger charge is 2.43. The van der Waals surface area contributed by atoms with E-state index in [2.05, 4.69) is 30.6 Å². The van der Waals surface area contributed by atoms with Crippen molar-refractivity contribution in [1.82, 2.24) is 10.2 Å². The van der Waals surface area contributed by atoms with Crippen LogP contribution in [0, 0.1) is 11.8 Å². The van der Waals surface area contributed by atoms with Gasteiger partial charge in [0.05, 0.1) is 6.04 Å². The van der Waals surface area contributed by atoms with Crippen molar-refractivity contribution in [2.45, 2.75) is 45.2 Å². The first kappa shape index (κ1) is 14.6. The Balaban J connectivity index is 1.90. The zero-order valence-corrected chi connectivity index (χ0v) is 13.4. The molecule has 0 spiro atoms. The molecular formula is C16H22N2O2S. The molecule has 21 heavy (non-hydrogen) atoms. The standard InChI is InChI=1S/C16H22N2O2S/c1-10(2)15(12-4-3-9-21-12)18-8-7-13(19)17-14(16(18)20)11-5-6-11/h3-4,9-11,14-15H,5-8H2,1-2H3,(H,17,19). The van der Waals surface area contributed by atoms with Gasteiger partial charge in [0.2, 0.25) is 11.8 Å². The summed E-state index contributed by atoms with van der Waals surface area (Å²) in [7, 11) is 0. The second-order valence-corrected chi connectivity index (χ2v) is 7.35. The molecule has 5 heteroatoms. The maximum absolute atomic E-state index is 12.9. The molecule has 2 aliphatic rings. The Morgan fingerprint density at radius 2 is 2.10 bits per heavy atom. The van der Waals surface area contributed by atoms with Crippen LogP contribution < -0.4 is 5.32 Å². The third-order valence-electron chi connectivity index (χ3n) is 4.34. The summed E-state index contributed by atoms with van der Waals surface area (Å²) in [5, 5.41) is 4.98. The average molecular weight is 306 g/mol. The topological polar surface area (TPSA) is 49.4 Å². The van der Waals surface area contributed by atoms with Gasteiger partial charge in [0.1, 0.15) is 6.04 Å². The van der Waals surface area contributed by atoms with Crippen molar-refractivity contribution in [2.75, 3.05) is 6.54 Å². The lowest BCUT2D eigenvalue weighted by Gasteiger charge is -2.34. The average Bonchev–Trinajstić information content (AvgIpc) is 3.16. The summed E-state index contributed by atoms with van der Waals surface area (Å²) in [6, 6.07) is 3.89. The van der Waals surface area contributed by atoms with E-state index in [-0.39, 0.29) is 23.9 Å². The van der Waals surface area contributed by atoms with Crippen molar-refractivity contribution in [1.29, 1.82) is 0 Å². The van der Waals surface area contributed by atoms with Crippen LogP contribution in [0.3, 0.4) is 0 Å². The first-order valence-electron chi connectivity index (χ1n) is 7.71. The van der Waals surface area contributed by atoms with E-state index in [0.717, 1.165) is 12.8 Å². The van der Waals surface area contributed by atoms with Crippen molar-refractivity contribution in [3.8, 4) is 0 Å². The molecule has 1 aliphatic heterocycles. The maximum Gasteiger partial charge on any atom is 0.245 e. The van der Waals surface area contributed by atoms with E-state index in [0.29, 0.717) is 24.8 Å². The highest BCUT2D eigenvalue weighted by atomic mass is 32.1. The van der Waals surface area contributed by atoms with E-state index in [1.54, 1.807) is 11.3 Å². The number of nitrogens with zero attached hydrogens (tertiary/aromatic N) is 1. The number of nitrogens with one attached hydrogen (secondary N) is 1. The van der Waals surface area contributed by atoms with Gasteiger partial charge in [-0.15, -0.1) is 11.3 Å². The summed E-state index contributed by atoms with van der Waals surface area (Å²) in [4.78, 5) is 28.0. The van der Waals surface area contributed by atoms with Gasteiger partial charge in [-0.05, 0) is 36.1 Å². The van der Waals surface area contributed by atoms with Gasteiger partial charge >= 0.3 is 0 Å². The van der Waals surface area contributed by atoms with Gasteiger partial charge in [-0.2, -0.15) is 0 Å². The van der Waals surface area contributed by atoms with Gasteiger partial charge < -0.3 is 10.2 Å². The van der Waals surface area contributed by atoms with Crippen LogP contribution in [0.1, 0.15) is 44.0 Å². The largest absolute Gasteiger partial charge is 0.344 e. The molecule has 2 unspecified atom stereocenters. The van der Waals surface area contributed by atoms with E-state index in [9.17, 15) is 9.59 Å². The van der Waals surface area contributed by atoms with Crippen molar-refractivity contribution >= 4 is 23.2 Å². The summed E-state index contributed by atoms with van der Waals surface area (Å²) in [6.07, 6.45) is 2.51. The number of hydrogen-bond donors (Lipinski definition) is 1. The first-order valence-corrected chi connectivity index (χ1v) is 8.59. The third kappa shape index (κ3) is 2.98. The highest BCUT2D eigenvalue weighted by molar-refractivity contribution is 7.10. The summed E-state index contributed by atoms with van der Waals surface area (Å²) in [5.41, 5.74) is 0. The minimum atomic E-state index is -0.304. The molecule has 1 saturated carbocycles. The van der Waals surface area contributed by atoms with Crippen LogP contribution in [0.25, 0.3) is 0 Å². The summed E-state index contributed by atoms with van der Waals surface area (Å²) in [6.45, 7) is 4.81. The molecule has 2 heterocycles. The Bertz CT molecular complexity index is 522. The zero-order chi connectivity index (χ0) is 15.0. The summed E-state index contributed by atoms with van der Waals surface area (Å²) < 4.78 is 0. The van der Waals surface area contributed by atoms with Crippen LogP contribution in [0.15, 0.2) is 17.5 Å². The fourth-order valence-corrected chi connectivity index (χ4v) is 4.16. The molecule has 2 amide bonds. The second kappa shape index (κ2) is 5.79. The number of thiophene rings is 1.